The molecule has 2 aromatic heterocycles. The summed E-state index contributed by atoms with van der Waals surface area (Å²) >= 11 is 0. The molecule has 0 spiro atoms. The number of aromatic nitrogens is 1. The SMILES string of the molecule is O=C(N/N=C/c1ccco1)N[C@H](Cc1c[nH]c2ccccc12)C(=O)NCCc1ccccc1. The van der Waals surface area contributed by atoms with Gasteiger partial charge in [0, 0.05) is 30.1 Å². The van der Waals surface area contributed by atoms with Gasteiger partial charge in [0.15, 0.2) is 0 Å². The van der Waals surface area contributed by atoms with E-state index in [2.05, 4.69) is 26.1 Å². The van der Waals surface area contributed by atoms with Crippen LogP contribution in [0.25, 0.3) is 10.9 Å². The van der Waals surface area contributed by atoms with Gasteiger partial charge in [-0.3, -0.25) is 4.79 Å². The van der Waals surface area contributed by atoms with E-state index in [-0.39, 0.29) is 5.91 Å². The number of carbonyl (C=O) groups excluding carboxylic acids is 2. The highest BCUT2D eigenvalue weighted by molar-refractivity contribution is 5.89. The van der Waals surface area contributed by atoms with Crippen LogP contribution in [0.15, 0.2) is 88.7 Å². The predicted octanol–water partition coefficient (Wildman–Crippen LogP) is 3.36. The normalized spacial score (nSPS) is 12.0. The number of H-pyrrole nitrogens is 1. The molecule has 33 heavy (non-hydrogen) atoms. The molecule has 0 fully saturated rings. The Hall–Kier alpha value is -4.33. The van der Waals surface area contributed by atoms with Gasteiger partial charge in [-0.25, -0.2) is 10.2 Å². The van der Waals surface area contributed by atoms with Crippen molar-refractivity contribution in [2.75, 3.05) is 6.54 Å². The van der Waals surface area contributed by atoms with Crippen LogP contribution in [0.4, 0.5) is 4.79 Å². The number of fused-ring (bicyclic) bond motifs is 1. The first kappa shape index (κ1) is 21.9. The van der Waals surface area contributed by atoms with Gasteiger partial charge in [0.25, 0.3) is 0 Å². The summed E-state index contributed by atoms with van der Waals surface area (Å²) in [6.07, 6.45) is 5.79. The van der Waals surface area contributed by atoms with Gasteiger partial charge in [0.1, 0.15) is 11.8 Å². The first-order chi connectivity index (χ1) is 16.2. The van der Waals surface area contributed by atoms with Gasteiger partial charge in [0.2, 0.25) is 5.91 Å². The number of benzene rings is 2. The third-order valence-corrected chi connectivity index (χ3v) is 5.18. The van der Waals surface area contributed by atoms with E-state index in [0.29, 0.717) is 25.1 Å². The molecular formula is C25H25N5O3. The number of nitrogens with zero attached hydrogens (tertiary/aromatic N) is 1. The number of furan rings is 1. The van der Waals surface area contributed by atoms with E-state index in [1.807, 2.05) is 60.8 Å². The Balaban J connectivity index is 1.41. The lowest BCUT2D eigenvalue weighted by Crippen LogP contribution is -2.50. The number of para-hydroxylation sites is 1. The summed E-state index contributed by atoms with van der Waals surface area (Å²) in [5.74, 6) is 0.241. The van der Waals surface area contributed by atoms with Gasteiger partial charge >= 0.3 is 6.03 Å². The van der Waals surface area contributed by atoms with Crippen molar-refractivity contribution in [1.29, 1.82) is 0 Å². The fourth-order valence-corrected chi connectivity index (χ4v) is 3.54. The Bertz CT molecular complexity index is 1220. The van der Waals surface area contributed by atoms with Crippen LogP contribution in [0.2, 0.25) is 0 Å². The zero-order valence-corrected chi connectivity index (χ0v) is 18.0. The van der Waals surface area contributed by atoms with Crippen LogP contribution in [0.1, 0.15) is 16.9 Å². The van der Waals surface area contributed by atoms with Crippen LogP contribution in [0.5, 0.6) is 0 Å². The molecule has 0 bridgehead atoms. The van der Waals surface area contributed by atoms with Crippen molar-refractivity contribution in [3.63, 3.8) is 0 Å². The van der Waals surface area contributed by atoms with E-state index in [0.717, 1.165) is 22.0 Å². The summed E-state index contributed by atoms with van der Waals surface area (Å²) in [6, 6.07) is 19.8. The van der Waals surface area contributed by atoms with Crippen molar-refractivity contribution in [2.24, 2.45) is 5.10 Å². The largest absolute Gasteiger partial charge is 0.463 e. The Morgan fingerprint density at radius 3 is 2.67 bits per heavy atom. The molecule has 0 aliphatic heterocycles. The second-order valence-corrected chi connectivity index (χ2v) is 7.50. The highest BCUT2D eigenvalue weighted by Crippen LogP contribution is 2.19. The smallest absolute Gasteiger partial charge is 0.335 e. The number of urea groups is 1. The zero-order valence-electron chi connectivity index (χ0n) is 18.0. The second-order valence-electron chi connectivity index (χ2n) is 7.50. The van der Waals surface area contributed by atoms with Crippen molar-refractivity contribution in [3.05, 3.63) is 96.1 Å². The number of rotatable bonds is 9. The van der Waals surface area contributed by atoms with Gasteiger partial charge in [-0.1, -0.05) is 48.5 Å². The number of aromatic amines is 1. The predicted molar refractivity (Wildman–Crippen MR) is 127 cm³/mol. The molecule has 0 aliphatic carbocycles. The van der Waals surface area contributed by atoms with Crippen LogP contribution in [-0.4, -0.2) is 35.7 Å². The molecule has 0 saturated carbocycles. The van der Waals surface area contributed by atoms with Gasteiger partial charge in [0.05, 0.1) is 12.5 Å². The van der Waals surface area contributed by atoms with E-state index in [1.165, 1.54) is 12.5 Å². The van der Waals surface area contributed by atoms with Crippen molar-refractivity contribution in [3.8, 4) is 0 Å². The summed E-state index contributed by atoms with van der Waals surface area (Å²) in [7, 11) is 0. The van der Waals surface area contributed by atoms with Crippen LogP contribution in [0, 0.1) is 0 Å². The molecule has 2 heterocycles. The van der Waals surface area contributed by atoms with Gasteiger partial charge in [-0.05, 0) is 35.7 Å². The lowest BCUT2D eigenvalue weighted by molar-refractivity contribution is -0.122. The topological polar surface area (TPSA) is 112 Å². The van der Waals surface area contributed by atoms with Crippen molar-refractivity contribution in [2.45, 2.75) is 18.9 Å². The van der Waals surface area contributed by atoms with E-state index >= 15 is 0 Å². The Labute approximate surface area is 191 Å². The first-order valence-electron chi connectivity index (χ1n) is 10.7. The summed E-state index contributed by atoms with van der Waals surface area (Å²) in [5, 5.41) is 10.5. The molecule has 4 rings (SSSR count). The minimum atomic E-state index is -0.779. The minimum absolute atomic E-state index is 0.263. The fourth-order valence-electron chi connectivity index (χ4n) is 3.54. The summed E-state index contributed by atoms with van der Waals surface area (Å²) in [5.41, 5.74) is 5.42. The van der Waals surface area contributed by atoms with Crippen LogP contribution >= 0.6 is 0 Å². The van der Waals surface area contributed by atoms with Gasteiger partial charge in [-0.15, -0.1) is 0 Å². The Morgan fingerprint density at radius 2 is 1.85 bits per heavy atom. The number of nitrogens with one attached hydrogen (secondary N) is 4. The molecule has 0 unspecified atom stereocenters. The molecule has 0 aliphatic rings. The standard InChI is InChI=1S/C25H25N5O3/c31-24(26-13-12-18-7-2-1-3-8-18)23(15-19-16-27-22-11-5-4-10-21(19)22)29-25(32)30-28-17-20-9-6-14-33-20/h1-11,14,16-17,23,27H,12-13,15H2,(H,26,31)(H2,29,30,32)/b28-17+/t23-/m1/s1. The molecule has 0 saturated heterocycles. The summed E-state index contributed by atoms with van der Waals surface area (Å²) in [4.78, 5) is 28.6. The molecule has 3 amide bonds. The van der Waals surface area contributed by atoms with Crippen molar-refractivity contribution in [1.82, 2.24) is 21.0 Å². The quantitative estimate of drug-likeness (QED) is 0.235. The third kappa shape index (κ3) is 6.10. The van der Waals surface area contributed by atoms with Gasteiger partial charge in [-0.2, -0.15) is 5.10 Å². The lowest BCUT2D eigenvalue weighted by Gasteiger charge is -2.18. The molecule has 0 radical (unpaired) electrons. The summed E-state index contributed by atoms with van der Waals surface area (Å²) in [6.45, 7) is 0.465. The molecule has 8 nitrogen and oxygen atoms in total. The van der Waals surface area contributed by atoms with Crippen molar-refractivity contribution >= 4 is 29.1 Å². The van der Waals surface area contributed by atoms with E-state index < -0.39 is 12.1 Å². The maximum atomic E-state index is 13.0. The average Bonchev–Trinajstić information content (AvgIpc) is 3.50. The number of carbonyl (C=O) groups is 2. The monoisotopic (exact) mass is 443 g/mol. The molecule has 2 aromatic carbocycles. The zero-order chi connectivity index (χ0) is 22.9. The molecule has 1 atom stereocenters. The number of hydrazone groups is 1. The fraction of sp³-hybridized carbons (Fsp3) is 0.160. The van der Waals surface area contributed by atoms with Crippen LogP contribution < -0.4 is 16.1 Å². The van der Waals surface area contributed by atoms with Crippen LogP contribution in [-0.2, 0) is 17.6 Å². The highest BCUT2D eigenvalue weighted by Gasteiger charge is 2.22. The average molecular weight is 444 g/mol. The number of amides is 3. The molecule has 8 heteroatoms. The molecular weight excluding hydrogens is 418 g/mol. The highest BCUT2D eigenvalue weighted by atomic mass is 16.3. The minimum Gasteiger partial charge on any atom is -0.463 e. The van der Waals surface area contributed by atoms with Crippen molar-refractivity contribution < 1.29 is 14.0 Å². The Kier molecular flexibility index (Phi) is 7.17. The molecule has 168 valence electrons. The van der Waals surface area contributed by atoms with Gasteiger partial charge < -0.3 is 20.0 Å². The van der Waals surface area contributed by atoms with Crippen LogP contribution in [0.3, 0.4) is 0 Å². The maximum absolute atomic E-state index is 13.0. The summed E-state index contributed by atoms with van der Waals surface area (Å²) < 4.78 is 5.14. The maximum Gasteiger partial charge on any atom is 0.335 e. The molecule has 4 aromatic rings. The lowest BCUT2D eigenvalue weighted by atomic mass is 10.0. The Morgan fingerprint density at radius 1 is 1.03 bits per heavy atom. The number of hydrogen-bond donors (Lipinski definition) is 4. The van der Waals surface area contributed by atoms with E-state index in [9.17, 15) is 9.59 Å². The second kappa shape index (κ2) is 10.8. The molecule has 4 N–H and O–H groups in total. The van der Waals surface area contributed by atoms with E-state index in [1.54, 1.807) is 12.1 Å². The first-order valence-corrected chi connectivity index (χ1v) is 10.7. The number of hydrogen-bond acceptors (Lipinski definition) is 4. The third-order valence-electron chi connectivity index (χ3n) is 5.18. The van der Waals surface area contributed by atoms with E-state index in [4.69, 9.17) is 4.42 Å².